The monoisotopic (exact) mass is 1510 g/mol. The van der Waals surface area contributed by atoms with Crippen LogP contribution in [0.15, 0.2) is 109 Å². The van der Waals surface area contributed by atoms with E-state index in [9.17, 15) is 57.5 Å². The Bertz CT molecular complexity index is 3900. The number of amides is 10. The topological polar surface area (TPSA) is 350 Å². The van der Waals surface area contributed by atoms with Gasteiger partial charge in [-0.1, -0.05) is 136 Å². The lowest BCUT2D eigenvalue weighted by Crippen LogP contribution is -2.58. The van der Waals surface area contributed by atoms with E-state index in [1.54, 1.807) is 13.1 Å². The summed E-state index contributed by atoms with van der Waals surface area (Å²) in [4.78, 5) is 180. The fraction of sp³-hybridized carbons (Fsp3) is 0.531. The number of aromatic amines is 1. The molecule has 108 heavy (non-hydrogen) atoms. The smallest absolute Gasteiger partial charge is 0.411 e. The molecule has 9 atom stereocenters. The molecule has 5 aromatic rings. The molecule has 0 spiro atoms. The Morgan fingerprint density at radius 3 is 1.82 bits per heavy atom. The molecule has 1 aromatic heterocycles. The van der Waals surface area contributed by atoms with Crippen LogP contribution < -0.4 is 37.6 Å². The van der Waals surface area contributed by atoms with Crippen LogP contribution in [0.1, 0.15) is 157 Å². The lowest BCUT2D eigenvalue weighted by Gasteiger charge is -2.30. The number of hydrogen-bond donors (Lipinski definition) is 8. The second-order valence-electron chi connectivity index (χ2n) is 30.3. The largest absolute Gasteiger partial charge is 0.445 e. The molecule has 3 fully saturated rings. The van der Waals surface area contributed by atoms with E-state index >= 15 is 0 Å². The van der Waals surface area contributed by atoms with Crippen molar-refractivity contribution in [1.82, 2.24) is 56.5 Å². The number of H-pyrrole nitrogens is 1. The van der Waals surface area contributed by atoms with Gasteiger partial charge in [-0.25, -0.2) is 9.59 Å². The number of nitrogens with zero attached hydrogens (tertiary/aromatic N) is 4. The highest BCUT2D eigenvalue weighted by molar-refractivity contribution is 7.99. The molecule has 0 aliphatic carbocycles. The molecule has 4 heterocycles. The molecule has 4 aromatic carbocycles. The lowest BCUT2D eigenvalue weighted by molar-refractivity contribution is -0.143. The number of alkyl carbamates (subject to hydrolysis) is 1. The van der Waals surface area contributed by atoms with Crippen LogP contribution in [0.4, 0.5) is 9.59 Å². The molecule has 584 valence electrons. The normalized spacial score (nSPS) is 17.4. The van der Waals surface area contributed by atoms with Crippen molar-refractivity contribution in [3.05, 3.63) is 143 Å². The molecule has 0 radical (unpaired) electrons. The summed E-state index contributed by atoms with van der Waals surface area (Å²) in [5, 5.41) is 18.0. The summed E-state index contributed by atoms with van der Waals surface area (Å²) in [5.74, 6) is -6.02. The Labute approximate surface area is 638 Å². The average molecular weight is 1510 g/mol. The van der Waals surface area contributed by atoms with Crippen LogP contribution in [-0.2, 0) is 83.5 Å². The summed E-state index contributed by atoms with van der Waals surface area (Å²) in [6.07, 6.45) is 3.32. The van der Waals surface area contributed by atoms with Gasteiger partial charge in [-0.05, 0) is 152 Å². The van der Waals surface area contributed by atoms with Crippen LogP contribution in [0.5, 0.6) is 0 Å². The van der Waals surface area contributed by atoms with Gasteiger partial charge in [-0.2, -0.15) is 0 Å². The second kappa shape index (κ2) is 41.1. The van der Waals surface area contributed by atoms with E-state index in [0.717, 1.165) is 38.7 Å². The van der Waals surface area contributed by atoms with Gasteiger partial charge in [0, 0.05) is 74.1 Å². The Morgan fingerprint density at radius 1 is 0.593 bits per heavy atom. The number of primary amides is 1. The van der Waals surface area contributed by atoms with E-state index in [1.807, 2.05) is 157 Å². The number of para-hydroxylation sites is 1. The zero-order valence-electron chi connectivity index (χ0n) is 63.8. The number of thioether (sulfide) groups is 1. The minimum atomic E-state index is -1.48. The fourth-order valence-corrected chi connectivity index (χ4v) is 14.8. The quantitative estimate of drug-likeness (QED) is 0.0174. The summed E-state index contributed by atoms with van der Waals surface area (Å²) < 4.78 is 11.1. The highest BCUT2D eigenvalue weighted by Crippen LogP contribution is 2.27. The number of carbonyl (C=O) groups excluding carboxylic acids is 12. The van der Waals surface area contributed by atoms with Crippen molar-refractivity contribution >= 4 is 93.7 Å². The first-order valence-electron chi connectivity index (χ1n) is 37.8. The predicted molar refractivity (Wildman–Crippen MR) is 412 cm³/mol. The number of carbonyl (C=O) groups is 12. The number of likely N-dealkylation sites (tertiary alicyclic amines) is 2. The molecule has 3 aliphatic rings. The number of nitrogens with two attached hydrogens (primary N) is 1. The highest BCUT2D eigenvalue weighted by Gasteiger charge is 2.42. The van der Waals surface area contributed by atoms with E-state index in [4.69, 9.17) is 15.2 Å². The Kier molecular flexibility index (Phi) is 32.0. The number of rotatable bonds is 39. The molecule has 26 nitrogen and oxygen atoms in total. The molecule has 8 rings (SSSR count). The van der Waals surface area contributed by atoms with Crippen LogP contribution in [0, 0.1) is 25.2 Å². The third-order valence-electron chi connectivity index (χ3n) is 20.1. The molecule has 3 aliphatic heterocycles. The first kappa shape index (κ1) is 84.0. The molecule has 9 N–H and O–H groups in total. The molecular weight excluding hydrogens is 1400 g/mol. The van der Waals surface area contributed by atoms with Crippen molar-refractivity contribution in [3.8, 4) is 0 Å². The van der Waals surface area contributed by atoms with E-state index in [1.165, 1.54) is 26.5 Å². The average Bonchev–Trinajstić information content (AvgIpc) is 1.66. The van der Waals surface area contributed by atoms with Crippen molar-refractivity contribution < 1.29 is 67.0 Å². The van der Waals surface area contributed by atoms with Crippen LogP contribution in [0.25, 0.3) is 10.9 Å². The Morgan fingerprint density at radius 2 is 1.18 bits per heavy atom. The van der Waals surface area contributed by atoms with Gasteiger partial charge in [-0.15, -0.1) is 11.8 Å². The molecule has 3 saturated heterocycles. The Balaban J connectivity index is 0.976. The summed E-state index contributed by atoms with van der Waals surface area (Å²) in [5.41, 5.74) is 11.6. The van der Waals surface area contributed by atoms with Gasteiger partial charge < -0.3 is 66.8 Å². The maximum atomic E-state index is 15.0. The number of nitrogens with one attached hydrogen (secondary N) is 7. The zero-order chi connectivity index (χ0) is 78.0. The van der Waals surface area contributed by atoms with Crippen molar-refractivity contribution in [2.24, 2.45) is 17.1 Å². The summed E-state index contributed by atoms with van der Waals surface area (Å²) in [6, 6.07) is 22.6. The minimum absolute atomic E-state index is 0.00158. The number of ether oxygens (including phenoxy) is 2. The molecule has 3 unspecified atom stereocenters. The molecule has 0 bridgehead atoms. The molecular formula is C81H110N12O14S. The van der Waals surface area contributed by atoms with Crippen LogP contribution >= 0.6 is 11.8 Å². The molecule has 0 saturated carbocycles. The fourth-order valence-electron chi connectivity index (χ4n) is 13.7. The third kappa shape index (κ3) is 25.8. The van der Waals surface area contributed by atoms with Crippen LogP contribution in [-0.4, -0.2) is 196 Å². The van der Waals surface area contributed by atoms with Crippen LogP contribution in [0.3, 0.4) is 0 Å². The van der Waals surface area contributed by atoms with E-state index in [-0.39, 0.29) is 114 Å². The van der Waals surface area contributed by atoms with Gasteiger partial charge in [-0.3, -0.25) is 52.8 Å². The van der Waals surface area contributed by atoms with E-state index in [0.29, 0.717) is 56.4 Å². The predicted octanol–water partition coefficient (Wildman–Crippen LogP) is 7.77. The number of aryl methyl sites for hydroxylation is 2. The maximum Gasteiger partial charge on any atom is 0.411 e. The molecule has 27 heteroatoms. The standard InChI is InChI=1S/C81H110N12O14S/c1-52-28-32-56(33-29-52)48-106-79(104)89-63(38-39-81(4,5)6)75(100)85-61(25-15-17-41-90(7)8)73(98)87-64(45-58-47-84-60-23-13-12-22-59(58)60)69(94)36-37-71(96)91-42-19-27-67(91)77(102)86-62(24-14-16-40-83-76(101)68-50-108-51-93(68)80(105)107-49-57-34-30-53(2)31-35-57)74(99)88-65(78(103)92-43-18-26-66(92)72(82)97)46-70(95)54(3)44-55-20-10-9-11-21-55/h9-13,20-23,28-35,47,54,61-68,84H,14-19,24-27,36-46,48-51H2,1-8H3,(H2,82,97)(H,83,101)(H,85,100)(H,86,102)(H,87,98)(H,88,99)(H,89,104)/t54?,61-,62?,63-,64-,65-,66-,67-,68?/m0/s1. The molecule has 10 amide bonds. The number of fused-ring (bicyclic) bond motifs is 1. The first-order chi connectivity index (χ1) is 51.6. The van der Waals surface area contributed by atoms with Gasteiger partial charge in [0.2, 0.25) is 47.3 Å². The summed E-state index contributed by atoms with van der Waals surface area (Å²) >= 11 is 1.41. The lowest BCUT2D eigenvalue weighted by atomic mass is 9.88. The SMILES string of the molecule is Cc1ccc(COC(=O)N[C@@H](CCC(C)(C)C)C(=O)N[C@@H](CCCCN(C)C)C(=O)N[C@@H](Cc2c[nH]c3ccccc23)C(=O)CCC(=O)N2CCC[C@H]2C(=O)NC(CCCCNC(=O)C2CSCN2C(=O)OCc2ccc(C)cc2)C(=O)N[C@@H](CC(=O)C(C)Cc2ccccc2)C(=O)N2CCC[C@H]2C(N)=O)cc1. The first-order valence-corrected chi connectivity index (χ1v) is 39.0. The van der Waals surface area contributed by atoms with Crippen molar-refractivity contribution in [2.45, 2.75) is 212 Å². The number of Topliss-reactive ketones (excluding diaryl/α,β-unsaturated/α-hetero) is 2. The van der Waals surface area contributed by atoms with E-state index < -0.39 is 126 Å². The second-order valence-corrected chi connectivity index (χ2v) is 31.3. The summed E-state index contributed by atoms with van der Waals surface area (Å²) in [6.45, 7) is 12.7. The minimum Gasteiger partial charge on any atom is -0.445 e. The van der Waals surface area contributed by atoms with Crippen molar-refractivity contribution in [3.63, 3.8) is 0 Å². The van der Waals surface area contributed by atoms with Gasteiger partial charge in [0.1, 0.15) is 61.3 Å². The maximum absolute atomic E-state index is 15.0. The number of hydrogen-bond acceptors (Lipinski definition) is 16. The van der Waals surface area contributed by atoms with Gasteiger partial charge in [0.05, 0.1) is 11.9 Å². The summed E-state index contributed by atoms with van der Waals surface area (Å²) in [7, 11) is 3.86. The van der Waals surface area contributed by atoms with Gasteiger partial charge in [0.15, 0.2) is 5.78 Å². The van der Waals surface area contributed by atoms with Gasteiger partial charge >= 0.3 is 12.2 Å². The third-order valence-corrected chi connectivity index (χ3v) is 21.1. The Hall–Kier alpha value is -9.63. The number of benzene rings is 4. The van der Waals surface area contributed by atoms with Crippen molar-refractivity contribution in [2.75, 3.05) is 51.9 Å². The van der Waals surface area contributed by atoms with E-state index in [2.05, 4.69) is 36.9 Å². The number of aromatic nitrogens is 1. The van der Waals surface area contributed by atoms with Gasteiger partial charge in [0.25, 0.3) is 0 Å². The van der Waals surface area contributed by atoms with Crippen molar-refractivity contribution in [1.29, 1.82) is 0 Å². The number of ketones is 2. The zero-order valence-corrected chi connectivity index (χ0v) is 64.6. The van der Waals surface area contributed by atoms with Crippen LogP contribution in [0.2, 0.25) is 0 Å². The number of unbranched alkanes of at least 4 members (excludes halogenated alkanes) is 2. The highest BCUT2D eigenvalue weighted by atomic mass is 32.2.